The lowest BCUT2D eigenvalue weighted by Crippen LogP contribution is -2.09. The van der Waals surface area contributed by atoms with E-state index in [1.165, 1.54) is 24.5 Å². The van der Waals surface area contributed by atoms with Crippen molar-refractivity contribution in [3.05, 3.63) is 57.0 Å². The Labute approximate surface area is 192 Å². The molecule has 0 saturated heterocycles. The summed E-state index contributed by atoms with van der Waals surface area (Å²) in [5.74, 6) is 0.203. The van der Waals surface area contributed by atoms with E-state index in [9.17, 15) is 10.1 Å². The summed E-state index contributed by atoms with van der Waals surface area (Å²) in [5.41, 5.74) is 7.67. The van der Waals surface area contributed by atoms with Crippen molar-refractivity contribution in [1.29, 1.82) is 10.7 Å². The summed E-state index contributed by atoms with van der Waals surface area (Å²) in [7, 11) is 0. The molecule has 0 aliphatic rings. The maximum absolute atomic E-state index is 11.4. The third kappa shape index (κ3) is 4.91. The highest BCUT2D eigenvalue weighted by Crippen LogP contribution is 2.45. The van der Waals surface area contributed by atoms with Crippen LogP contribution in [0.25, 0.3) is 21.6 Å². The zero-order valence-electron chi connectivity index (χ0n) is 16.5. The standard InChI is InChI=1S/C21H16Cl2N6OS/c1-10(25)28-21(26)20-18(14-4-3-13(22)8-16(14)23)15(9-24)19(31-20)12-5-6-27-17(7-12)29-11(2)30/h3-8H,1-2H3,(H3,25,26,28)(H,27,29,30). The molecule has 0 aliphatic carbocycles. The van der Waals surface area contributed by atoms with Crippen LogP contribution in [0.5, 0.6) is 0 Å². The minimum absolute atomic E-state index is 0.0927. The first kappa shape index (κ1) is 22.4. The molecule has 3 aromatic rings. The normalized spacial score (nSPS) is 11.1. The van der Waals surface area contributed by atoms with Gasteiger partial charge in [-0.25, -0.2) is 9.98 Å². The van der Waals surface area contributed by atoms with E-state index in [2.05, 4.69) is 21.4 Å². The number of halogens is 2. The fourth-order valence-corrected chi connectivity index (χ4v) is 4.56. The number of anilines is 1. The Hall–Kier alpha value is -3.25. The molecule has 3 rings (SSSR count). The third-order valence-electron chi connectivity index (χ3n) is 4.05. The van der Waals surface area contributed by atoms with Gasteiger partial charge in [0.2, 0.25) is 5.91 Å². The van der Waals surface area contributed by atoms with E-state index in [1.807, 2.05) is 0 Å². The summed E-state index contributed by atoms with van der Waals surface area (Å²) in [6.07, 6.45) is 1.53. The van der Waals surface area contributed by atoms with E-state index in [1.54, 1.807) is 37.3 Å². The minimum Gasteiger partial charge on any atom is -0.387 e. The maximum Gasteiger partial charge on any atom is 0.222 e. The van der Waals surface area contributed by atoms with Gasteiger partial charge in [0.25, 0.3) is 0 Å². The van der Waals surface area contributed by atoms with Crippen LogP contribution in [-0.4, -0.2) is 22.6 Å². The summed E-state index contributed by atoms with van der Waals surface area (Å²) in [4.78, 5) is 20.6. The Bertz CT molecular complexity index is 1270. The fraction of sp³-hybridized carbons (Fsp3) is 0.0952. The van der Waals surface area contributed by atoms with Gasteiger partial charge in [0.1, 0.15) is 11.9 Å². The molecule has 0 radical (unpaired) electrons. The molecule has 0 atom stereocenters. The number of hydrogen-bond acceptors (Lipinski definition) is 5. The van der Waals surface area contributed by atoms with E-state index in [0.29, 0.717) is 47.9 Å². The monoisotopic (exact) mass is 470 g/mol. The van der Waals surface area contributed by atoms with Gasteiger partial charge in [-0.3, -0.25) is 10.2 Å². The highest BCUT2D eigenvalue weighted by molar-refractivity contribution is 7.18. The molecule has 0 fully saturated rings. The van der Waals surface area contributed by atoms with Crippen molar-refractivity contribution in [3.63, 3.8) is 0 Å². The van der Waals surface area contributed by atoms with Crippen LogP contribution in [0.4, 0.5) is 5.82 Å². The number of amidine groups is 2. The number of aliphatic imine (C=N–C) groups is 1. The van der Waals surface area contributed by atoms with Crippen molar-refractivity contribution < 1.29 is 4.79 Å². The Morgan fingerprint density at radius 1 is 1.29 bits per heavy atom. The van der Waals surface area contributed by atoms with Crippen molar-refractivity contribution in [1.82, 2.24) is 4.98 Å². The number of aromatic nitrogens is 1. The van der Waals surface area contributed by atoms with E-state index < -0.39 is 0 Å². The highest BCUT2D eigenvalue weighted by Gasteiger charge is 2.25. The summed E-state index contributed by atoms with van der Waals surface area (Å²) < 4.78 is 0. The Morgan fingerprint density at radius 3 is 2.65 bits per heavy atom. The lowest BCUT2D eigenvalue weighted by molar-refractivity contribution is -0.114. The zero-order chi connectivity index (χ0) is 22.7. The number of nitriles is 1. The van der Waals surface area contributed by atoms with Crippen molar-refractivity contribution in [2.45, 2.75) is 13.8 Å². The van der Waals surface area contributed by atoms with Gasteiger partial charge in [-0.1, -0.05) is 29.3 Å². The van der Waals surface area contributed by atoms with Crippen molar-refractivity contribution in [2.75, 3.05) is 5.32 Å². The van der Waals surface area contributed by atoms with Gasteiger partial charge in [0.15, 0.2) is 5.84 Å². The first-order valence-corrected chi connectivity index (χ1v) is 10.4. The van der Waals surface area contributed by atoms with Crippen LogP contribution in [0.15, 0.2) is 41.5 Å². The van der Waals surface area contributed by atoms with Gasteiger partial charge in [0, 0.05) is 34.3 Å². The number of benzene rings is 1. The van der Waals surface area contributed by atoms with Crippen LogP contribution in [0.1, 0.15) is 24.3 Å². The van der Waals surface area contributed by atoms with Gasteiger partial charge < -0.3 is 11.1 Å². The zero-order valence-corrected chi connectivity index (χ0v) is 18.8. The minimum atomic E-state index is -0.264. The van der Waals surface area contributed by atoms with Crippen molar-refractivity contribution in [2.24, 2.45) is 10.7 Å². The maximum atomic E-state index is 11.4. The quantitative estimate of drug-likeness (QED) is 0.352. The number of nitrogens with zero attached hydrogens (tertiary/aromatic N) is 3. The molecule has 10 heteroatoms. The molecule has 0 spiro atoms. The molecule has 2 heterocycles. The largest absolute Gasteiger partial charge is 0.387 e. The second-order valence-electron chi connectivity index (χ2n) is 6.46. The van der Waals surface area contributed by atoms with E-state index >= 15 is 0 Å². The fourth-order valence-electron chi connectivity index (χ4n) is 2.90. The smallest absolute Gasteiger partial charge is 0.222 e. The number of thiophene rings is 1. The number of pyridine rings is 1. The molecule has 7 nitrogen and oxygen atoms in total. The molecular weight excluding hydrogens is 455 g/mol. The number of rotatable bonds is 4. The molecule has 2 aromatic heterocycles. The SMILES string of the molecule is CC(=O)Nc1cc(-c2sc(C(=N)N=C(C)N)c(-c3ccc(Cl)cc3Cl)c2C#N)ccn1. The lowest BCUT2D eigenvalue weighted by atomic mass is 9.98. The van der Waals surface area contributed by atoms with Crippen molar-refractivity contribution >= 4 is 57.9 Å². The summed E-state index contributed by atoms with van der Waals surface area (Å²) in [5, 5.41) is 21.9. The van der Waals surface area contributed by atoms with Gasteiger partial charge in [0.05, 0.1) is 21.2 Å². The van der Waals surface area contributed by atoms with Gasteiger partial charge in [-0.2, -0.15) is 5.26 Å². The van der Waals surface area contributed by atoms with Crippen LogP contribution in [0.3, 0.4) is 0 Å². The molecule has 0 aliphatic heterocycles. The Kier molecular flexibility index (Phi) is 6.71. The molecule has 156 valence electrons. The number of carbonyl (C=O) groups is 1. The average Bonchev–Trinajstić information content (AvgIpc) is 3.06. The Balaban J connectivity index is 2.31. The topological polar surface area (TPSA) is 128 Å². The van der Waals surface area contributed by atoms with Crippen LogP contribution >= 0.6 is 34.5 Å². The molecule has 1 amide bonds. The first-order valence-electron chi connectivity index (χ1n) is 8.87. The number of hydrogen-bond donors (Lipinski definition) is 3. The summed E-state index contributed by atoms with van der Waals surface area (Å²) in [6.45, 7) is 2.96. The molecule has 0 bridgehead atoms. The molecule has 0 saturated carbocycles. The summed E-state index contributed by atoms with van der Waals surface area (Å²) in [6, 6.07) is 10.5. The second-order valence-corrected chi connectivity index (χ2v) is 8.32. The molecular formula is C21H16Cl2N6OS. The van der Waals surface area contributed by atoms with Crippen LogP contribution in [-0.2, 0) is 4.79 Å². The van der Waals surface area contributed by atoms with Gasteiger partial charge in [-0.15, -0.1) is 11.3 Å². The van der Waals surface area contributed by atoms with E-state index in [-0.39, 0.29) is 17.6 Å². The third-order valence-corrected chi connectivity index (χ3v) is 5.84. The van der Waals surface area contributed by atoms with Crippen LogP contribution < -0.4 is 11.1 Å². The van der Waals surface area contributed by atoms with Gasteiger partial charge >= 0.3 is 0 Å². The second kappa shape index (κ2) is 9.27. The lowest BCUT2D eigenvalue weighted by Gasteiger charge is -2.07. The number of nitrogens with one attached hydrogen (secondary N) is 2. The molecule has 31 heavy (non-hydrogen) atoms. The Morgan fingerprint density at radius 2 is 2.03 bits per heavy atom. The number of nitrogens with two attached hydrogens (primary N) is 1. The molecule has 1 aromatic carbocycles. The van der Waals surface area contributed by atoms with Crippen LogP contribution in [0, 0.1) is 16.7 Å². The number of amides is 1. The molecule has 4 N–H and O–H groups in total. The van der Waals surface area contributed by atoms with Crippen molar-refractivity contribution in [3.8, 4) is 27.6 Å². The first-order chi connectivity index (χ1) is 14.7. The predicted octanol–water partition coefficient (Wildman–Crippen LogP) is 5.32. The van der Waals surface area contributed by atoms with E-state index in [4.69, 9.17) is 34.3 Å². The van der Waals surface area contributed by atoms with Gasteiger partial charge in [-0.05, 0) is 36.8 Å². The summed E-state index contributed by atoms with van der Waals surface area (Å²) >= 11 is 13.7. The average molecular weight is 471 g/mol. The highest BCUT2D eigenvalue weighted by atomic mass is 35.5. The van der Waals surface area contributed by atoms with Crippen LogP contribution in [0.2, 0.25) is 10.0 Å². The van der Waals surface area contributed by atoms with E-state index in [0.717, 1.165) is 0 Å². The number of carbonyl (C=O) groups excluding carboxylic acids is 1. The predicted molar refractivity (Wildman–Crippen MR) is 126 cm³/mol. The molecule has 0 unspecified atom stereocenters.